The Labute approximate surface area is 117 Å². The van der Waals surface area contributed by atoms with Crippen molar-refractivity contribution in [2.45, 2.75) is 37.8 Å². The number of amides is 4. The van der Waals surface area contributed by atoms with Crippen LogP contribution in [0, 0.1) is 0 Å². The van der Waals surface area contributed by atoms with E-state index in [-0.39, 0.29) is 12.1 Å². The fraction of sp³-hybridized carbons (Fsp3) is 0.667. The fourth-order valence-corrected chi connectivity index (χ4v) is 2.11. The highest BCUT2D eigenvalue weighted by Gasteiger charge is 2.26. The minimum Gasteiger partial charge on any atom is -0.351 e. The number of carbonyl (C=O) groups excluding carboxylic acids is 4. The second-order valence-electron chi connectivity index (χ2n) is 4.65. The number of carbonyl (C=O) groups is 4. The molecule has 0 heterocycles. The van der Waals surface area contributed by atoms with Crippen LogP contribution in [0.2, 0.25) is 0 Å². The van der Waals surface area contributed by atoms with Crippen LogP contribution in [0.3, 0.4) is 0 Å². The molecule has 0 aliphatic heterocycles. The topological polar surface area (TPSA) is 116 Å². The zero-order chi connectivity index (χ0) is 15.1. The first-order valence-corrected chi connectivity index (χ1v) is 6.53. The summed E-state index contributed by atoms with van der Waals surface area (Å²) in [5.74, 6) is -2.63. The SMILES string of the molecule is CNC(=O)C(=O)NC1CCC(NC(=O)C(=O)NC)CC1. The first-order valence-electron chi connectivity index (χ1n) is 6.53. The van der Waals surface area contributed by atoms with E-state index in [1.165, 1.54) is 14.1 Å². The van der Waals surface area contributed by atoms with Crippen molar-refractivity contribution < 1.29 is 19.2 Å². The second kappa shape index (κ2) is 7.46. The van der Waals surface area contributed by atoms with Crippen molar-refractivity contribution in [1.29, 1.82) is 0 Å². The third-order valence-electron chi connectivity index (χ3n) is 3.26. The number of hydrogen-bond donors (Lipinski definition) is 4. The van der Waals surface area contributed by atoms with Crippen LogP contribution in [-0.2, 0) is 19.2 Å². The average Bonchev–Trinajstić information content (AvgIpc) is 2.47. The number of nitrogens with one attached hydrogen (secondary N) is 4. The van der Waals surface area contributed by atoms with Gasteiger partial charge < -0.3 is 21.3 Å². The molecule has 0 spiro atoms. The van der Waals surface area contributed by atoms with E-state index in [0.29, 0.717) is 25.7 Å². The summed E-state index contributed by atoms with van der Waals surface area (Å²) < 4.78 is 0. The molecule has 1 saturated carbocycles. The predicted octanol–water partition coefficient (Wildman–Crippen LogP) is -1.98. The Bertz CT molecular complexity index is 364. The molecule has 1 rings (SSSR count). The van der Waals surface area contributed by atoms with Gasteiger partial charge >= 0.3 is 23.6 Å². The van der Waals surface area contributed by atoms with E-state index >= 15 is 0 Å². The van der Waals surface area contributed by atoms with Crippen molar-refractivity contribution in [3.05, 3.63) is 0 Å². The highest BCUT2D eigenvalue weighted by molar-refractivity contribution is 6.35. The summed E-state index contributed by atoms with van der Waals surface area (Å²) >= 11 is 0. The number of hydrogen-bond acceptors (Lipinski definition) is 4. The van der Waals surface area contributed by atoms with Crippen molar-refractivity contribution in [3.8, 4) is 0 Å². The first-order chi connectivity index (χ1) is 9.47. The summed E-state index contributed by atoms with van der Waals surface area (Å²) in [6, 6.07) is -0.152. The van der Waals surface area contributed by atoms with Gasteiger partial charge in [0, 0.05) is 26.2 Å². The molecule has 0 saturated heterocycles. The van der Waals surface area contributed by atoms with Crippen molar-refractivity contribution in [3.63, 3.8) is 0 Å². The molecule has 20 heavy (non-hydrogen) atoms. The van der Waals surface area contributed by atoms with Crippen LogP contribution < -0.4 is 21.3 Å². The van der Waals surface area contributed by atoms with Gasteiger partial charge in [0.05, 0.1) is 0 Å². The standard InChI is InChI=1S/C12H20N4O4/c1-13-9(17)11(19)15-7-3-5-8(6-4-7)16-12(20)10(18)14-2/h7-8H,3-6H2,1-2H3,(H,13,17)(H,14,18)(H,15,19)(H,16,20). The molecule has 112 valence electrons. The van der Waals surface area contributed by atoms with Gasteiger partial charge in [-0.05, 0) is 25.7 Å². The summed E-state index contributed by atoms with van der Waals surface area (Å²) in [7, 11) is 2.79. The van der Waals surface area contributed by atoms with Gasteiger partial charge in [0.1, 0.15) is 0 Å². The van der Waals surface area contributed by atoms with Crippen LogP contribution in [0.4, 0.5) is 0 Å². The van der Waals surface area contributed by atoms with E-state index in [9.17, 15) is 19.2 Å². The van der Waals surface area contributed by atoms with Crippen LogP contribution >= 0.6 is 0 Å². The van der Waals surface area contributed by atoms with Gasteiger partial charge in [-0.25, -0.2) is 0 Å². The summed E-state index contributed by atoms with van der Waals surface area (Å²) in [5, 5.41) is 9.78. The first kappa shape index (κ1) is 15.9. The Hall–Kier alpha value is -2.12. The van der Waals surface area contributed by atoms with E-state index < -0.39 is 23.6 Å². The van der Waals surface area contributed by atoms with Gasteiger partial charge in [-0.1, -0.05) is 0 Å². The summed E-state index contributed by atoms with van der Waals surface area (Å²) in [6.45, 7) is 0. The monoisotopic (exact) mass is 284 g/mol. The van der Waals surface area contributed by atoms with Crippen LogP contribution in [0.1, 0.15) is 25.7 Å². The quantitative estimate of drug-likeness (QED) is 0.440. The number of rotatable bonds is 2. The van der Waals surface area contributed by atoms with Crippen LogP contribution in [0.5, 0.6) is 0 Å². The van der Waals surface area contributed by atoms with E-state index in [2.05, 4.69) is 21.3 Å². The highest BCUT2D eigenvalue weighted by Crippen LogP contribution is 2.18. The van der Waals surface area contributed by atoms with Gasteiger partial charge in [0.15, 0.2) is 0 Å². The minimum atomic E-state index is -0.667. The van der Waals surface area contributed by atoms with Crippen molar-refractivity contribution in [2.75, 3.05) is 14.1 Å². The molecule has 0 unspecified atom stereocenters. The van der Waals surface area contributed by atoms with Gasteiger partial charge in [-0.2, -0.15) is 0 Å². The van der Waals surface area contributed by atoms with Crippen molar-refractivity contribution in [1.82, 2.24) is 21.3 Å². The van der Waals surface area contributed by atoms with Crippen molar-refractivity contribution in [2.24, 2.45) is 0 Å². The van der Waals surface area contributed by atoms with E-state index in [1.54, 1.807) is 0 Å². The zero-order valence-corrected chi connectivity index (χ0v) is 11.6. The molecule has 0 bridgehead atoms. The average molecular weight is 284 g/mol. The maximum Gasteiger partial charge on any atom is 0.309 e. The smallest absolute Gasteiger partial charge is 0.309 e. The van der Waals surface area contributed by atoms with E-state index in [0.717, 1.165) is 0 Å². The Morgan fingerprint density at radius 3 is 1.20 bits per heavy atom. The van der Waals surface area contributed by atoms with Gasteiger partial charge in [0.2, 0.25) is 0 Å². The largest absolute Gasteiger partial charge is 0.351 e. The van der Waals surface area contributed by atoms with E-state index in [1.807, 2.05) is 0 Å². The molecule has 0 aromatic carbocycles. The molecule has 0 aromatic heterocycles. The normalized spacial score (nSPS) is 21.5. The second-order valence-corrected chi connectivity index (χ2v) is 4.65. The maximum absolute atomic E-state index is 11.4. The molecule has 0 aromatic rings. The lowest BCUT2D eigenvalue weighted by molar-refractivity contribution is -0.140. The summed E-state index contributed by atoms with van der Waals surface area (Å²) in [4.78, 5) is 44.9. The molecule has 4 N–H and O–H groups in total. The third kappa shape index (κ3) is 4.52. The molecular weight excluding hydrogens is 264 g/mol. The molecule has 4 amide bonds. The third-order valence-corrected chi connectivity index (χ3v) is 3.26. The minimum absolute atomic E-state index is 0.0760. The van der Waals surface area contributed by atoms with Gasteiger partial charge in [0.25, 0.3) is 0 Å². The summed E-state index contributed by atoms with van der Waals surface area (Å²) in [5.41, 5.74) is 0. The lowest BCUT2D eigenvalue weighted by Crippen LogP contribution is -2.49. The molecule has 0 atom stereocenters. The maximum atomic E-state index is 11.4. The Morgan fingerprint density at radius 2 is 0.950 bits per heavy atom. The molecule has 8 heteroatoms. The van der Waals surface area contributed by atoms with Gasteiger partial charge in [-0.15, -0.1) is 0 Å². The fourth-order valence-electron chi connectivity index (χ4n) is 2.11. The molecule has 8 nitrogen and oxygen atoms in total. The van der Waals surface area contributed by atoms with E-state index in [4.69, 9.17) is 0 Å². The Morgan fingerprint density at radius 1 is 0.650 bits per heavy atom. The highest BCUT2D eigenvalue weighted by atomic mass is 16.2. The molecule has 1 aliphatic carbocycles. The van der Waals surface area contributed by atoms with Crippen molar-refractivity contribution >= 4 is 23.6 Å². The van der Waals surface area contributed by atoms with Crippen LogP contribution in [-0.4, -0.2) is 49.8 Å². The predicted molar refractivity (Wildman–Crippen MR) is 70.5 cm³/mol. The number of likely N-dealkylation sites (N-methyl/N-ethyl adjacent to an activating group) is 2. The molecule has 1 fully saturated rings. The van der Waals surface area contributed by atoms with Crippen LogP contribution in [0.15, 0.2) is 0 Å². The Kier molecular flexibility index (Phi) is 5.95. The lowest BCUT2D eigenvalue weighted by atomic mass is 9.91. The molecule has 1 aliphatic rings. The zero-order valence-electron chi connectivity index (χ0n) is 11.6. The Balaban J connectivity index is 2.33. The molecular formula is C12H20N4O4. The lowest BCUT2D eigenvalue weighted by Gasteiger charge is -2.29. The van der Waals surface area contributed by atoms with Gasteiger partial charge in [-0.3, -0.25) is 19.2 Å². The van der Waals surface area contributed by atoms with Crippen LogP contribution in [0.25, 0.3) is 0 Å². The molecule has 0 radical (unpaired) electrons. The summed E-state index contributed by atoms with van der Waals surface area (Å²) in [6.07, 6.45) is 2.62.